The highest BCUT2D eigenvalue weighted by molar-refractivity contribution is 7.89. The molecule has 4 nitrogen and oxygen atoms in total. The van der Waals surface area contributed by atoms with E-state index in [4.69, 9.17) is 0 Å². The van der Waals surface area contributed by atoms with Crippen LogP contribution in [-0.4, -0.2) is 42.8 Å². The summed E-state index contributed by atoms with van der Waals surface area (Å²) < 4.78 is 24.4. The van der Waals surface area contributed by atoms with E-state index in [0.29, 0.717) is 13.0 Å². The fourth-order valence-electron chi connectivity index (χ4n) is 2.09. The third kappa shape index (κ3) is 3.16. The Labute approximate surface area is 92.3 Å². The fraction of sp³-hybridized carbons (Fsp3) is 1.00. The number of rotatable bonds is 5. The molecular formula is C10H21NO3S. The average Bonchev–Trinajstić information content (AvgIpc) is 2.48. The van der Waals surface area contributed by atoms with E-state index in [-0.39, 0.29) is 18.2 Å². The van der Waals surface area contributed by atoms with Gasteiger partial charge in [-0.3, -0.25) is 0 Å². The molecule has 0 saturated carbocycles. The zero-order chi connectivity index (χ0) is 11.5. The zero-order valence-electron chi connectivity index (χ0n) is 9.52. The van der Waals surface area contributed by atoms with Gasteiger partial charge in [-0.2, -0.15) is 4.31 Å². The van der Waals surface area contributed by atoms with Crippen molar-refractivity contribution in [3.05, 3.63) is 0 Å². The van der Waals surface area contributed by atoms with Crippen molar-refractivity contribution in [1.82, 2.24) is 4.31 Å². The van der Waals surface area contributed by atoms with Gasteiger partial charge in [0.05, 0.1) is 11.9 Å². The van der Waals surface area contributed by atoms with Gasteiger partial charge in [-0.1, -0.05) is 26.7 Å². The first kappa shape index (κ1) is 12.9. The Kier molecular flexibility index (Phi) is 4.55. The van der Waals surface area contributed by atoms with E-state index in [1.165, 1.54) is 4.31 Å². The van der Waals surface area contributed by atoms with Crippen LogP contribution >= 0.6 is 0 Å². The lowest BCUT2D eigenvalue weighted by atomic mass is 9.96. The van der Waals surface area contributed by atoms with Gasteiger partial charge in [0.25, 0.3) is 0 Å². The first-order valence-electron chi connectivity index (χ1n) is 5.67. The molecule has 1 unspecified atom stereocenters. The van der Waals surface area contributed by atoms with Crippen LogP contribution in [-0.2, 0) is 10.0 Å². The predicted octanol–water partition coefficient (Wildman–Crippen LogP) is 0.819. The fourth-order valence-corrected chi connectivity index (χ4v) is 3.63. The summed E-state index contributed by atoms with van der Waals surface area (Å²) >= 11 is 0. The average molecular weight is 235 g/mol. The molecule has 0 aromatic rings. The molecule has 0 spiro atoms. The molecule has 1 aliphatic heterocycles. The minimum atomic E-state index is -3.06. The van der Waals surface area contributed by atoms with Crippen molar-refractivity contribution in [2.75, 3.05) is 18.8 Å². The highest BCUT2D eigenvalue weighted by atomic mass is 32.2. The number of nitrogens with zero attached hydrogens (tertiary/aromatic N) is 1. The van der Waals surface area contributed by atoms with Gasteiger partial charge in [0.15, 0.2) is 0 Å². The Morgan fingerprint density at radius 1 is 1.33 bits per heavy atom. The zero-order valence-corrected chi connectivity index (χ0v) is 10.3. The minimum absolute atomic E-state index is 0.209. The first-order valence-corrected chi connectivity index (χ1v) is 7.28. The number of aliphatic hydroxyl groups is 1. The van der Waals surface area contributed by atoms with Crippen molar-refractivity contribution in [3.8, 4) is 0 Å². The molecule has 0 aromatic carbocycles. The minimum Gasteiger partial charge on any atom is -0.391 e. The normalized spacial score (nSPS) is 23.5. The van der Waals surface area contributed by atoms with Crippen LogP contribution < -0.4 is 0 Å². The van der Waals surface area contributed by atoms with Gasteiger partial charge in [0.1, 0.15) is 0 Å². The van der Waals surface area contributed by atoms with E-state index in [0.717, 1.165) is 12.8 Å². The van der Waals surface area contributed by atoms with E-state index in [2.05, 4.69) is 0 Å². The van der Waals surface area contributed by atoms with Gasteiger partial charge >= 0.3 is 0 Å². The molecule has 1 N–H and O–H groups in total. The Balaban J connectivity index is 2.54. The van der Waals surface area contributed by atoms with Crippen LogP contribution in [0.3, 0.4) is 0 Å². The molecule has 0 radical (unpaired) electrons. The monoisotopic (exact) mass is 235 g/mol. The lowest BCUT2D eigenvalue weighted by Gasteiger charge is -2.24. The summed E-state index contributed by atoms with van der Waals surface area (Å²) in [6.07, 6.45) is 1.96. The van der Waals surface area contributed by atoms with Gasteiger partial charge in [-0.05, 0) is 12.3 Å². The molecule has 0 aromatic heterocycles. The van der Waals surface area contributed by atoms with E-state index < -0.39 is 16.1 Å². The molecular weight excluding hydrogens is 214 g/mol. The topological polar surface area (TPSA) is 57.6 Å². The molecule has 1 atom stereocenters. The number of sulfonamides is 1. The lowest BCUT2D eigenvalue weighted by molar-refractivity contribution is 0.0843. The first-order chi connectivity index (χ1) is 7.01. The maximum Gasteiger partial charge on any atom is 0.214 e. The number of β-amino-alcohol motifs (C(OH)–C–C–N with tert-alkyl or cyclic N) is 1. The quantitative estimate of drug-likeness (QED) is 0.767. The van der Waals surface area contributed by atoms with Crippen molar-refractivity contribution in [3.63, 3.8) is 0 Å². The third-order valence-electron chi connectivity index (χ3n) is 3.19. The van der Waals surface area contributed by atoms with Gasteiger partial charge < -0.3 is 5.11 Å². The molecule has 15 heavy (non-hydrogen) atoms. The number of aliphatic hydroxyl groups excluding tert-OH is 1. The second-order valence-electron chi connectivity index (χ2n) is 4.17. The number of hydrogen-bond acceptors (Lipinski definition) is 3. The molecule has 5 heteroatoms. The largest absolute Gasteiger partial charge is 0.391 e. The standard InChI is InChI=1S/C10H21NO3S/c1-3-9(4-2)10(12)8-11-6-5-7-15(11,13)14/h9-10,12H,3-8H2,1-2H3. The summed E-state index contributed by atoms with van der Waals surface area (Å²) in [7, 11) is -3.06. The molecule has 0 aliphatic carbocycles. The van der Waals surface area contributed by atoms with Crippen molar-refractivity contribution in [2.45, 2.75) is 39.2 Å². The van der Waals surface area contributed by atoms with Crippen LogP contribution in [0, 0.1) is 5.92 Å². The van der Waals surface area contributed by atoms with Crippen LogP contribution in [0.25, 0.3) is 0 Å². The summed E-state index contributed by atoms with van der Waals surface area (Å²) in [4.78, 5) is 0. The summed E-state index contributed by atoms with van der Waals surface area (Å²) in [5.74, 6) is 0.448. The van der Waals surface area contributed by atoms with Crippen LogP contribution in [0.5, 0.6) is 0 Å². The Morgan fingerprint density at radius 2 is 1.93 bits per heavy atom. The summed E-state index contributed by atoms with van der Waals surface area (Å²) in [5.41, 5.74) is 0. The van der Waals surface area contributed by atoms with Crippen LogP contribution in [0.1, 0.15) is 33.1 Å². The van der Waals surface area contributed by atoms with Gasteiger partial charge in [0.2, 0.25) is 10.0 Å². The second kappa shape index (κ2) is 5.27. The van der Waals surface area contributed by atoms with E-state index in [1.54, 1.807) is 0 Å². The van der Waals surface area contributed by atoms with Crippen molar-refractivity contribution < 1.29 is 13.5 Å². The third-order valence-corrected chi connectivity index (χ3v) is 5.11. The van der Waals surface area contributed by atoms with E-state index >= 15 is 0 Å². The van der Waals surface area contributed by atoms with Crippen molar-refractivity contribution in [2.24, 2.45) is 5.92 Å². The summed E-state index contributed by atoms with van der Waals surface area (Å²) in [6.45, 7) is 4.89. The molecule has 90 valence electrons. The lowest BCUT2D eigenvalue weighted by Crippen LogP contribution is -2.37. The molecule has 0 amide bonds. The van der Waals surface area contributed by atoms with Crippen LogP contribution in [0.4, 0.5) is 0 Å². The highest BCUT2D eigenvalue weighted by Crippen LogP contribution is 2.19. The van der Waals surface area contributed by atoms with Gasteiger partial charge in [-0.15, -0.1) is 0 Å². The molecule has 1 heterocycles. The Morgan fingerprint density at radius 3 is 2.33 bits per heavy atom. The van der Waals surface area contributed by atoms with Crippen LogP contribution in [0.15, 0.2) is 0 Å². The predicted molar refractivity (Wildman–Crippen MR) is 60.1 cm³/mol. The summed E-state index contributed by atoms with van der Waals surface area (Å²) in [6, 6.07) is 0. The molecule has 1 saturated heterocycles. The maximum absolute atomic E-state index is 11.5. The number of hydrogen-bond donors (Lipinski definition) is 1. The van der Waals surface area contributed by atoms with Crippen molar-refractivity contribution >= 4 is 10.0 Å². The maximum atomic E-state index is 11.5. The van der Waals surface area contributed by atoms with Crippen LogP contribution in [0.2, 0.25) is 0 Å². The van der Waals surface area contributed by atoms with E-state index in [9.17, 15) is 13.5 Å². The molecule has 0 bridgehead atoms. The highest BCUT2D eigenvalue weighted by Gasteiger charge is 2.31. The van der Waals surface area contributed by atoms with Crippen molar-refractivity contribution in [1.29, 1.82) is 0 Å². The van der Waals surface area contributed by atoms with E-state index in [1.807, 2.05) is 13.8 Å². The molecule has 1 aliphatic rings. The SMILES string of the molecule is CCC(CC)C(O)CN1CCCS1(=O)=O. The molecule has 1 rings (SSSR count). The Hall–Kier alpha value is -0.130. The Bertz CT molecular complexity index is 285. The molecule has 1 fully saturated rings. The summed E-state index contributed by atoms with van der Waals surface area (Å²) in [5, 5.41) is 9.90. The van der Waals surface area contributed by atoms with Gasteiger partial charge in [0, 0.05) is 13.1 Å². The second-order valence-corrected chi connectivity index (χ2v) is 6.26. The van der Waals surface area contributed by atoms with Gasteiger partial charge in [-0.25, -0.2) is 8.42 Å². The smallest absolute Gasteiger partial charge is 0.214 e.